The summed E-state index contributed by atoms with van der Waals surface area (Å²) < 4.78 is 2.21. The van der Waals surface area contributed by atoms with Crippen LogP contribution in [0.3, 0.4) is 0 Å². The Kier molecular flexibility index (Phi) is 2.84. The van der Waals surface area contributed by atoms with Crippen molar-refractivity contribution >= 4 is 17.3 Å². The molecule has 17 heavy (non-hydrogen) atoms. The van der Waals surface area contributed by atoms with E-state index in [9.17, 15) is 0 Å². The van der Waals surface area contributed by atoms with E-state index in [1.165, 1.54) is 12.8 Å². The van der Waals surface area contributed by atoms with Gasteiger partial charge in [-0.1, -0.05) is 6.92 Å². The molecule has 0 radical (unpaired) electrons. The molecule has 0 saturated heterocycles. The molecule has 90 valence electrons. The van der Waals surface area contributed by atoms with Gasteiger partial charge < -0.3 is 9.88 Å². The second-order valence-corrected chi connectivity index (χ2v) is 5.30. The number of imidazole rings is 1. The summed E-state index contributed by atoms with van der Waals surface area (Å²) in [4.78, 5) is 8.83. The third-order valence-electron chi connectivity index (χ3n) is 3.04. The van der Waals surface area contributed by atoms with Crippen LogP contribution in [0.15, 0.2) is 24.0 Å². The van der Waals surface area contributed by atoms with Gasteiger partial charge in [0.2, 0.25) is 5.95 Å². The van der Waals surface area contributed by atoms with Crippen molar-refractivity contribution in [3.63, 3.8) is 0 Å². The number of nitrogens with one attached hydrogen (secondary N) is 1. The molecule has 0 amide bonds. The molecule has 3 rings (SSSR count). The largest absolute Gasteiger partial charge is 0.353 e. The summed E-state index contributed by atoms with van der Waals surface area (Å²) in [7, 11) is 0. The van der Waals surface area contributed by atoms with Gasteiger partial charge in [-0.05, 0) is 19.3 Å². The van der Waals surface area contributed by atoms with Crippen LogP contribution in [-0.4, -0.2) is 20.6 Å². The molecule has 1 atom stereocenters. The highest BCUT2D eigenvalue weighted by Gasteiger charge is 2.24. The highest BCUT2D eigenvalue weighted by atomic mass is 32.1. The van der Waals surface area contributed by atoms with Crippen molar-refractivity contribution in [3.05, 3.63) is 29.0 Å². The number of rotatable bonds is 5. The van der Waals surface area contributed by atoms with Crippen molar-refractivity contribution < 1.29 is 0 Å². The first-order chi connectivity index (χ1) is 8.38. The Bertz CT molecular complexity index is 472. The van der Waals surface area contributed by atoms with Gasteiger partial charge in [-0.2, -0.15) is 0 Å². The maximum Gasteiger partial charge on any atom is 0.203 e. The van der Waals surface area contributed by atoms with Crippen molar-refractivity contribution in [2.45, 2.75) is 38.3 Å². The normalized spacial score (nSPS) is 17.0. The zero-order valence-corrected chi connectivity index (χ0v) is 10.7. The van der Waals surface area contributed by atoms with Gasteiger partial charge in [-0.3, -0.25) is 0 Å². The minimum absolute atomic E-state index is 0.304. The molecule has 1 fully saturated rings. The van der Waals surface area contributed by atoms with Crippen molar-refractivity contribution in [3.8, 4) is 0 Å². The smallest absolute Gasteiger partial charge is 0.203 e. The molecule has 0 bridgehead atoms. The lowest BCUT2D eigenvalue weighted by Crippen LogP contribution is -2.14. The van der Waals surface area contributed by atoms with Crippen LogP contribution in [0.1, 0.15) is 37.2 Å². The highest BCUT2D eigenvalue weighted by Crippen LogP contribution is 2.29. The Hall–Kier alpha value is -1.36. The summed E-state index contributed by atoms with van der Waals surface area (Å²) in [6.45, 7) is 2.19. The van der Waals surface area contributed by atoms with Crippen LogP contribution in [0.2, 0.25) is 0 Å². The van der Waals surface area contributed by atoms with E-state index in [-0.39, 0.29) is 0 Å². The van der Waals surface area contributed by atoms with E-state index in [4.69, 9.17) is 0 Å². The van der Waals surface area contributed by atoms with Crippen molar-refractivity contribution in [2.24, 2.45) is 0 Å². The fraction of sp³-hybridized carbons (Fsp3) is 0.500. The number of aromatic nitrogens is 3. The van der Waals surface area contributed by atoms with Crippen molar-refractivity contribution in [1.29, 1.82) is 0 Å². The van der Waals surface area contributed by atoms with E-state index in [2.05, 4.69) is 26.8 Å². The third kappa shape index (κ3) is 2.20. The van der Waals surface area contributed by atoms with Crippen LogP contribution in [0.4, 0.5) is 5.95 Å². The third-order valence-corrected chi connectivity index (χ3v) is 3.91. The Balaban J connectivity index is 1.87. The Morgan fingerprint density at radius 2 is 2.35 bits per heavy atom. The van der Waals surface area contributed by atoms with Crippen molar-refractivity contribution in [1.82, 2.24) is 14.5 Å². The predicted octanol–water partition coefficient (Wildman–Crippen LogP) is 2.91. The first-order valence-corrected chi connectivity index (χ1v) is 6.95. The van der Waals surface area contributed by atoms with Crippen molar-refractivity contribution in [2.75, 3.05) is 5.32 Å². The zero-order chi connectivity index (χ0) is 11.7. The molecule has 1 unspecified atom stereocenters. The quantitative estimate of drug-likeness (QED) is 0.884. The molecule has 0 aromatic carbocycles. The number of nitrogens with zero attached hydrogens (tertiary/aromatic N) is 3. The number of hydrogen-bond donors (Lipinski definition) is 1. The van der Waals surface area contributed by atoms with E-state index in [0.717, 1.165) is 17.4 Å². The molecule has 1 N–H and O–H groups in total. The predicted molar refractivity (Wildman–Crippen MR) is 69.4 cm³/mol. The number of anilines is 1. The van der Waals surface area contributed by atoms with Crippen LogP contribution >= 0.6 is 11.3 Å². The topological polar surface area (TPSA) is 42.7 Å². The second-order valence-electron chi connectivity index (χ2n) is 4.37. The first-order valence-electron chi connectivity index (χ1n) is 6.07. The maximum atomic E-state index is 4.42. The molecule has 2 aromatic heterocycles. The van der Waals surface area contributed by atoms with E-state index >= 15 is 0 Å². The van der Waals surface area contributed by atoms with Crippen LogP contribution in [-0.2, 0) is 0 Å². The molecule has 5 heteroatoms. The molecule has 1 saturated carbocycles. The van der Waals surface area contributed by atoms with Gasteiger partial charge >= 0.3 is 0 Å². The van der Waals surface area contributed by atoms with E-state index in [1.54, 1.807) is 11.3 Å². The van der Waals surface area contributed by atoms with Gasteiger partial charge in [0, 0.05) is 30.0 Å². The summed E-state index contributed by atoms with van der Waals surface area (Å²) in [5, 5.41) is 6.66. The molecule has 1 aliphatic carbocycles. The van der Waals surface area contributed by atoms with Crippen LogP contribution in [0.25, 0.3) is 0 Å². The molecule has 1 aliphatic rings. The minimum atomic E-state index is 0.304. The standard InChI is InChI=1S/C12H16N4S/c1-2-10(11-13-6-8-17-11)16-7-5-14-12(16)15-9-3-4-9/h5-10H,2-4H2,1H3,(H,14,15). The Morgan fingerprint density at radius 1 is 1.47 bits per heavy atom. The lowest BCUT2D eigenvalue weighted by atomic mass is 10.2. The van der Waals surface area contributed by atoms with Gasteiger partial charge in [0.05, 0.1) is 6.04 Å². The fourth-order valence-electron chi connectivity index (χ4n) is 1.98. The number of thiazole rings is 1. The van der Waals surface area contributed by atoms with E-state index in [1.807, 2.05) is 24.0 Å². The second kappa shape index (κ2) is 4.49. The van der Waals surface area contributed by atoms with Gasteiger partial charge in [0.15, 0.2) is 0 Å². The Morgan fingerprint density at radius 3 is 3.00 bits per heavy atom. The van der Waals surface area contributed by atoms with Gasteiger partial charge in [-0.15, -0.1) is 11.3 Å². The lowest BCUT2D eigenvalue weighted by Gasteiger charge is -2.17. The fourth-order valence-corrected chi connectivity index (χ4v) is 2.80. The van der Waals surface area contributed by atoms with Crippen LogP contribution in [0, 0.1) is 0 Å². The molecular weight excluding hydrogens is 232 g/mol. The highest BCUT2D eigenvalue weighted by molar-refractivity contribution is 7.09. The summed E-state index contributed by atoms with van der Waals surface area (Å²) in [5.41, 5.74) is 0. The Labute approximate surface area is 105 Å². The molecule has 0 aliphatic heterocycles. The SMILES string of the molecule is CCC(c1nccs1)n1ccnc1NC1CC1. The van der Waals surface area contributed by atoms with Gasteiger partial charge in [-0.25, -0.2) is 9.97 Å². The molecule has 2 heterocycles. The van der Waals surface area contributed by atoms with Crippen LogP contribution < -0.4 is 5.32 Å². The average molecular weight is 248 g/mol. The summed E-state index contributed by atoms with van der Waals surface area (Å²) in [6, 6.07) is 0.934. The van der Waals surface area contributed by atoms with Gasteiger partial charge in [0.1, 0.15) is 5.01 Å². The van der Waals surface area contributed by atoms with E-state index in [0.29, 0.717) is 12.1 Å². The molecule has 2 aromatic rings. The monoisotopic (exact) mass is 248 g/mol. The lowest BCUT2D eigenvalue weighted by molar-refractivity contribution is 0.567. The van der Waals surface area contributed by atoms with Crippen LogP contribution in [0.5, 0.6) is 0 Å². The summed E-state index contributed by atoms with van der Waals surface area (Å²) in [6.07, 6.45) is 9.33. The maximum absolute atomic E-state index is 4.42. The molecule has 4 nitrogen and oxygen atoms in total. The summed E-state index contributed by atoms with van der Waals surface area (Å²) in [5.74, 6) is 0.981. The minimum Gasteiger partial charge on any atom is -0.353 e. The average Bonchev–Trinajstić information content (AvgIpc) is 2.81. The molecule has 0 spiro atoms. The van der Waals surface area contributed by atoms with E-state index < -0.39 is 0 Å². The number of hydrogen-bond acceptors (Lipinski definition) is 4. The first kappa shape index (κ1) is 10.8. The zero-order valence-electron chi connectivity index (χ0n) is 9.84. The van der Waals surface area contributed by atoms with Gasteiger partial charge in [0.25, 0.3) is 0 Å². The summed E-state index contributed by atoms with van der Waals surface area (Å²) >= 11 is 1.71. The molecular formula is C12H16N4S.